The lowest BCUT2D eigenvalue weighted by Gasteiger charge is -2.29. The number of halogens is 3. The summed E-state index contributed by atoms with van der Waals surface area (Å²) >= 11 is 17.6. The summed E-state index contributed by atoms with van der Waals surface area (Å²) < 4.78 is 16.2. The number of rotatable bonds is 3. The fraction of sp³-hybridized carbons (Fsp3) is 0.0870. The monoisotopic (exact) mass is 487 g/mol. The van der Waals surface area contributed by atoms with Gasteiger partial charge in [-0.2, -0.15) is 0 Å². The summed E-state index contributed by atoms with van der Waals surface area (Å²) in [7, 11) is 0. The molecule has 1 saturated heterocycles. The van der Waals surface area contributed by atoms with E-state index in [1.807, 2.05) is 24.5 Å². The molecule has 0 atom stereocenters. The number of carbonyl (C=O) groups excluding carboxylic acids is 2. The second kappa shape index (κ2) is 8.50. The van der Waals surface area contributed by atoms with E-state index in [2.05, 4.69) is 5.32 Å². The van der Waals surface area contributed by atoms with Gasteiger partial charge in [0, 0.05) is 16.4 Å². The first-order valence-corrected chi connectivity index (χ1v) is 10.7. The molecule has 9 heteroatoms. The molecule has 2 heterocycles. The molecule has 0 aliphatic carbocycles. The highest BCUT2D eigenvalue weighted by Crippen LogP contribution is 2.31. The molecule has 0 saturated carbocycles. The molecular formula is C23H16Cl2FN3O2S. The Kier molecular flexibility index (Phi) is 5.90. The number of thiocarbonyl (C=S) groups is 1. The Balaban J connectivity index is 1.81. The van der Waals surface area contributed by atoms with Crippen LogP contribution in [0.4, 0.5) is 10.1 Å². The standard InChI is InChI=1S/C23H16Cl2FN3O2S/c1-12-9-14(13(2)28(12)20-11-15(24)7-8-17(20)25)10-16-21(30)27-23(32)29(22(16)31)19-6-4-3-5-18(19)26/h3-11H,1-2H3,(H,27,30,32)/b16-10+. The minimum Gasteiger partial charge on any atom is -0.316 e. The van der Waals surface area contributed by atoms with E-state index in [1.165, 1.54) is 24.3 Å². The first-order chi connectivity index (χ1) is 15.2. The predicted octanol–water partition coefficient (Wildman–Crippen LogP) is 5.37. The number of aryl methyl sites for hydroxylation is 1. The third-order valence-electron chi connectivity index (χ3n) is 5.11. The molecule has 0 unspecified atom stereocenters. The van der Waals surface area contributed by atoms with Crippen molar-refractivity contribution in [3.8, 4) is 5.69 Å². The smallest absolute Gasteiger partial charge is 0.270 e. The third kappa shape index (κ3) is 3.83. The maximum atomic E-state index is 14.3. The topological polar surface area (TPSA) is 54.3 Å². The van der Waals surface area contributed by atoms with Gasteiger partial charge in [0.15, 0.2) is 5.11 Å². The van der Waals surface area contributed by atoms with Crippen LogP contribution in [-0.2, 0) is 9.59 Å². The summed E-state index contributed by atoms with van der Waals surface area (Å²) in [5.41, 5.74) is 2.66. The highest BCUT2D eigenvalue weighted by molar-refractivity contribution is 7.80. The van der Waals surface area contributed by atoms with Crippen LogP contribution in [0.5, 0.6) is 0 Å². The second-order valence-corrected chi connectivity index (χ2v) is 8.40. The first-order valence-electron chi connectivity index (χ1n) is 9.49. The minimum atomic E-state index is -0.713. The Labute approximate surface area is 199 Å². The Bertz CT molecular complexity index is 1330. The van der Waals surface area contributed by atoms with E-state index in [9.17, 15) is 14.0 Å². The van der Waals surface area contributed by atoms with Crippen LogP contribution in [0.2, 0.25) is 10.0 Å². The van der Waals surface area contributed by atoms with Crippen molar-refractivity contribution < 1.29 is 14.0 Å². The molecule has 2 aromatic carbocycles. The molecule has 1 aliphatic heterocycles. The fourth-order valence-electron chi connectivity index (χ4n) is 3.63. The van der Waals surface area contributed by atoms with E-state index < -0.39 is 17.6 Å². The van der Waals surface area contributed by atoms with Gasteiger partial charge in [0.1, 0.15) is 11.4 Å². The minimum absolute atomic E-state index is 0.0374. The van der Waals surface area contributed by atoms with Gasteiger partial charge in [-0.05, 0) is 74.1 Å². The zero-order valence-corrected chi connectivity index (χ0v) is 19.3. The summed E-state index contributed by atoms with van der Waals surface area (Å²) in [4.78, 5) is 26.7. The highest BCUT2D eigenvalue weighted by atomic mass is 35.5. The van der Waals surface area contributed by atoms with E-state index in [-0.39, 0.29) is 16.4 Å². The maximum Gasteiger partial charge on any atom is 0.270 e. The van der Waals surface area contributed by atoms with Gasteiger partial charge in [0.25, 0.3) is 11.8 Å². The quantitative estimate of drug-likeness (QED) is 0.307. The van der Waals surface area contributed by atoms with Gasteiger partial charge >= 0.3 is 0 Å². The number of nitrogens with zero attached hydrogens (tertiary/aromatic N) is 2. The van der Waals surface area contributed by atoms with Crippen LogP contribution in [0, 0.1) is 19.7 Å². The van der Waals surface area contributed by atoms with Crippen LogP contribution in [0.15, 0.2) is 54.1 Å². The number of aromatic nitrogens is 1. The van der Waals surface area contributed by atoms with Crippen molar-refractivity contribution in [1.82, 2.24) is 9.88 Å². The summed E-state index contributed by atoms with van der Waals surface area (Å²) in [5, 5.41) is 3.30. The van der Waals surface area contributed by atoms with Gasteiger partial charge in [-0.15, -0.1) is 0 Å². The van der Waals surface area contributed by atoms with Crippen LogP contribution in [-0.4, -0.2) is 21.5 Å². The molecule has 1 aliphatic rings. The van der Waals surface area contributed by atoms with Crippen LogP contribution >= 0.6 is 35.4 Å². The molecule has 1 fully saturated rings. The maximum absolute atomic E-state index is 14.3. The molecule has 162 valence electrons. The van der Waals surface area contributed by atoms with Gasteiger partial charge in [0.2, 0.25) is 0 Å². The van der Waals surface area contributed by atoms with Crippen molar-refractivity contribution in [2.75, 3.05) is 4.90 Å². The fourth-order valence-corrected chi connectivity index (χ4v) is 4.27. The number of nitrogens with one attached hydrogen (secondary N) is 1. The van der Waals surface area contributed by atoms with Gasteiger partial charge < -0.3 is 4.57 Å². The van der Waals surface area contributed by atoms with Crippen molar-refractivity contribution in [3.05, 3.63) is 86.9 Å². The molecule has 4 rings (SSSR count). The van der Waals surface area contributed by atoms with E-state index in [4.69, 9.17) is 35.4 Å². The molecule has 0 bridgehead atoms. The zero-order chi connectivity index (χ0) is 23.2. The van der Waals surface area contributed by atoms with E-state index >= 15 is 0 Å². The molecule has 0 radical (unpaired) electrons. The number of hydrogen-bond donors (Lipinski definition) is 1. The molecule has 32 heavy (non-hydrogen) atoms. The van der Waals surface area contributed by atoms with Crippen LogP contribution in [0.3, 0.4) is 0 Å². The van der Waals surface area contributed by atoms with Crippen molar-refractivity contribution >= 4 is 64.1 Å². The molecule has 1 aromatic heterocycles. The number of carbonyl (C=O) groups is 2. The Morgan fingerprint density at radius 3 is 2.47 bits per heavy atom. The van der Waals surface area contributed by atoms with Crippen LogP contribution in [0.25, 0.3) is 11.8 Å². The van der Waals surface area contributed by atoms with E-state index in [0.717, 1.165) is 16.3 Å². The molecule has 1 N–H and O–H groups in total. The van der Waals surface area contributed by atoms with Crippen LogP contribution < -0.4 is 10.2 Å². The molecular weight excluding hydrogens is 472 g/mol. The molecule has 3 aromatic rings. The lowest BCUT2D eigenvalue weighted by atomic mass is 10.1. The number of benzene rings is 2. The number of hydrogen-bond acceptors (Lipinski definition) is 3. The number of anilines is 1. The average molecular weight is 488 g/mol. The summed E-state index contributed by atoms with van der Waals surface area (Å²) in [6.45, 7) is 3.71. The largest absolute Gasteiger partial charge is 0.316 e. The van der Waals surface area contributed by atoms with Crippen molar-refractivity contribution in [3.63, 3.8) is 0 Å². The summed E-state index contributed by atoms with van der Waals surface area (Å²) in [5.74, 6) is -2.00. The molecule has 2 amide bonds. The Morgan fingerprint density at radius 2 is 1.75 bits per heavy atom. The van der Waals surface area contributed by atoms with Gasteiger partial charge in [-0.25, -0.2) is 9.29 Å². The predicted molar refractivity (Wildman–Crippen MR) is 128 cm³/mol. The molecule has 0 spiro atoms. The lowest BCUT2D eigenvalue weighted by Crippen LogP contribution is -2.54. The first kappa shape index (κ1) is 22.2. The zero-order valence-electron chi connectivity index (χ0n) is 16.9. The Morgan fingerprint density at radius 1 is 1.03 bits per heavy atom. The number of amides is 2. The summed E-state index contributed by atoms with van der Waals surface area (Å²) in [6, 6.07) is 12.7. The normalized spacial score (nSPS) is 15.5. The van der Waals surface area contributed by atoms with Crippen LogP contribution in [0.1, 0.15) is 17.0 Å². The lowest BCUT2D eigenvalue weighted by molar-refractivity contribution is -0.122. The van der Waals surface area contributed by atoms with E-state index in [1.54, 1.807) is 24.3 Å². The van der Waals surface area contributed by atoms with Crippen molar-refractivity contribution in [1.29, 1.82) is 0 Å². The van der Waals surface area contributed by atoms with E-state index in [0.29, 0.717) is 21.3 Å². The van der Waals surface area contributed by atoms with Gasteiger partial charge in [0.05, 0.1) is 16.4 Å². The Hall–Kier alpha value is -3.00. The number of para-hydroxylation sites is 1. The average Bonchev–Trinajstić information content (AvgIpc) is 3.01. The van der Waals surface area contributed by atoms with Crippen molar-refractivity contribution in [2.24, 2.45) is 0 Å². The van der Waals surface area contributed by atoms with Crippen molar-refractivity contribution in [2.45, 2.75) is 13.8 Å². The third-order valence-corrected chi connectivity index (χ3v) is 5.95. The highest BCUT2D eigenvalue weighted by Gasteiger charge is 2.35. The summed E-state index contributed by atoms with van der Waals surface area (Å²) in [6.07, 6.45) is 1.46. The molecule has 5 nitrogen and oxygen atoms in total. The van der Waals surface area contributed by atoms with Gasteiger partial charge in [-0.1, -0.05) is 35.3 Å². The second-order valence-electron chi connectivity index (χ2n) is 7.17. The van der Waals surface area contributed by atoms with Gasteiger partial charge in [-0.3, -0.25) is 14.9 Å². The SMILES string of the molecule is Cc1cc(/C=C2\C(=O)NC(=S)N(c3ccccc3F)C2=O)c(C)n1-c1cc(Cl)ccc1Cl.